The van der Waals surface area contributed by atoms with Crippen molar-refractivity contribution in [3.05, 3.63) is 66.4 Å². The van der Waals surface area contributed by atoms with Gasteiger partial charge in [0, 0.05) is 11.9 Å². The lowest BCUT2D eigenvalue weighted by atomic mass is 10.3. The van der Waals surface area contributed by atoms with Crippen LogP contribution in [-0.4, -0.2) is 20.2 Å². The van der Waals surface area contributed by atoms with E-state index in [4.69, 9.17) is 0 Å². The van der Waals surface area contributed by atoms with Crippen molar-refractivity contribution in [1.29, 1.82) is 0 Å². The molecule has 0 aliphatic heterocycles. The molecule has 0 bridgehead atoms. The number of benzene rings is 1. The minimum absolute atomic E-state index is 0.319. The second-order valence-corrected chi connectivity index (χ2v) is 4.48. The molecule has 0 aliphatic rings. The Balaban J connectivity index is 1.67. The maximum absolute atomic E-state index is 13.1. The summed E-state index contributed by atoms with van der Waals surface area (Å²) in [5, 5.41) is 13.8. The van der Waals surface area contributed by atoms with Crippen LogP contribution < -0.4 is 10.6 Å². The Labute approximate surface area is 126 Å². The summed E-state index contributed by atoms with van der Waals surface area (Å²) in [6, 6.07) is 11.8. The average molecular weight is 296 g/mol. The van der Waals surface area contributed by atoms with Gasteiger partial charge in [0.2, 0.25) is 5.95 Å². The summed E-state index contributed by atoms with van der Waals surface area (Å²) in [6.07, 6.45) is 3.19. The molecule has 7 heteroatoms. The lowest BCUT2D eigenvalue weighted by molar-refractivity contribution is 0.628. The summed E-state index contributed by atoms with van der Waals surface area (Å²) in [4.78, 5) is 8.46. The Morgan fingerprint density at radius 2 is 2.05 bits per heavy atom. The first-order valence-corrected chi connectivity index (χ1v) is 6.66. The third-order valence-electron chi connectivity index (χ3n) is 2.81. The second-order valence-electron chi connectivity index (χ2n) is 4.48. The summed E-state index contributed by atoms with van der Waals surface area (Å²) in [5.41, 5.74) is 1.46. The summed E-state index contributed by atoms with van der Waals surface area (Å²) >= 11 is 0. The van der Waals surface area contributed by atoms with Crippen molar-refractivity contribution in [3.63, 3.8) is 0 Å². The highest BCUT2D eigenvalue weighted by molar-refractivity contribution is 5.55. The fourth-order valence-corrected chi connectivity index (χ4v) is 1.83. The number of aromatic nitrogens is 4. The highest BCUT2D eigenvalue weighted by atomic mass is 19.1. The molecule has 0 radical (unpaired) electrons. The Hall–Kier alpha value is -3.09. The third-order valence-corrected chi connectivity index (χ3v) is 2.81. The van der Waals surface area contributed by atoms with Crippen molar-refractivity contribution in [2.75, 3.05) is 10.6 Å². The number of rotatable bonds is 5. The Bertz CT molecular complexity index is 750. The number of nitrogens with zero attached hydrogens (tertiary/aromatic N) is 4. The van der Waals surface area contributed by atoms with Crippen LogP contribution in [0.4, 0.5) is 21.8 Å². The van der Waals surface area contributed by atoms with Crippen molar-refractivity contribution in [2.45, 2.75) is 6.54 Å². The fraction of sp³-hybridized carbons (Fsp3) is 0.0667. The van der Waals surface area contributed by atoms with Crippen LogP contribution in [0.5, 0.6) is 0 Å². The van der Waals surface area contributed by atoms with E-state index in [2.05, 4.69) is 30.8 Å². The normalized spacial score (nSPS) is 10.2. The van der Waals surface area contributed by atoms with Gasteiger partial charge in [-0.1, -0.05) is 12.1 Å². The van der Waals surface area contributed by atoms with E-state index in [-0.39, 0.29) is 5.82 Å². The molecule has 0 aliphatic carbocycles. The highest BCUT2D eigenvalue weighted by Gasteiger charge is 2.02. The number of nitrogens with one attached hydrogen (secondary N) is 2. The van der Waals surface area contributed by atoms with Gasteiger partial charge in [0.1, 0.15) is 5.82 Å². The fourth-order valence-electron chi connectivity index (χ4n) is 1.83. The van der Waals surface area contributed by atoms with Crippen LogP contribution in [0.1, 0.15) is 5.69 Å². The van der Waals surface area contributed by atoms with Crippen LogP contribution in [0.15, 0.2) is 54.9 Å². The minimum Gasteiger partial charge on any atom is -0.347 e. The SMILES string of the molecule is Fc1cccc(Nc2cnnc(NCc3ccccn3)n2)c1. The summed E-state index contributed by atoms with van der Waals surface area (Å²) < 4.78 is 13.1. The molecule has 3 rings (SSSR count). The van der Waals surface area contributed by atoms with Gasteiger partial charge in [-0.15, -0.1) is 5.10 Å². The van der Waals surface area contributed by atoms with Gasteiger partial charge in [-0.3, -0.25) is 4.98 Å². The number of hydrogen-bond donors (Lipinski definition) is 2. The van der Waals surface area contributed by atoms with E-state index in [9.17, 15) is 4.39 Å². The van der Waals surface area contributed by atoms with Crippen LogP contribution in [-0.2, 0) is 6.54 Å². The molecule has 3 aromatic rings. The molecule has 0 fully saturated rings. The first-order valence-electron chi connectivity index (χ1n) is 6.66. The quantitative estimate of drug-likeness (QED) is 0.754. The van der Waals surface area contributed by atoms with Gasteiger partial charge in [0.05, 0.1) is 18.4 Å². The van der Waals surface area contributed by atoms with Gasteiger partial charge < -0.3 is 10.6 Å². The first kappa shape index (κ1) is 13.9. The number of anilines is 3. The molecule has 1 aromatic carbocycles. The van der Waals surface area contributed by atoms with Gasteiger partial charge in [0.25, 0.3) is 0 Å². The van der Waals surface area contributed by atoms with Gasteiger partial charge in [0.15, 0.2) is 5.82 Å². The predicted octanol–water partition coefficient (Wildman–Crippen LogP) is 2.76. The van der Waals surface area contributed by atoms with Crippen LogP contribution in [0.3, 0.4) is 0 Å². The standard InChI is InChI=1S/C15H13FN6/c16-11-4-3-6-12(8-11)20-14-10-19-22-15(21-14)18-9-13-5-1-2-7-17-13/h1-8,10H,9H2,(H2,18,20,21,22). The van der Waals surface area contributed by atoms with E-state index in [0.717, 1.165) is 5.69 Å². The van der Waals surface area contributed by atoms with Crippen molar-refractivity contribution >= 4 is 17.5 Å². The monoisotopic (exact) mass is 296 g/mol. The van der Waals surface area contributed by atoms with Crippen molar-refractivity contribution < 1.29 is 4.39 Å². The van der Waals surface area contributed by atoms with Crippen LogP contribution >= 0.6 is 0 Å². The zero-order chi connectivity index (χ0) is 15.2. The molecule has 22 heavy (non-hydrogen) atoms. The Morgan fingerprint density at radius 1 is 1.09 bits per heavy atom. The second kappa shape index (κ2) is 6.57. The molecule has 6 nitrogen and oxygen atoms in total. The van der Waals surface area contributed by atoms with E-state index < -0.39 is 0 Å². The molecule has 0 saturated carbocycles. The van der Waals surface area contributed by atoms with Crippen molar-refractivity contribution in [1.82, 2.24) is 20.2 Å². The molecule has 110 valence electrons. The molecule has 2 aromatic heterocycles. The zero-order valence-electron chi connectivity index (χ0n) is 11.6. The minimum atomic E-state index is -0.319. The molecule has 0 atom stereocenters. The summed E-state index contributed by atoms with van der Waals surface area (Å²) in [6.45, 7) is 0.492. The first-order chi connectivity index (χ1) is 10.8. The van der Waals surface area contributed by atoms with E-state index >= 15 is 0 Å². The van der Waals surface area contributed by atoms with E-state index in [1.807, 2.05) is 18.2 Å². The van der Waals surface area contributed by atoms with Crippen molar-refractivity contribution in [3.8, 4) is 0 Å². The molecule has 0 amide bonds. The number of pyridine rings is 1. The molecular weight excluding hydrogens is 283 g/mol. The largest absolute Gasteiger partial charge is 0.347 e. The molecule has 2 N–H and O–H groups in total. The van der Waals surface area contributed by atoms with Gasteiger partial charge >= 0.3 is 0 Å². The average Bonchev–Trinajstić information content (AvgIpc) is 2.54. The molecular formula is C15H13FN6. The third kappa shape index (κ3) is 3.72. The predicted molar refractivity (Wildman–Crippen MR) is 81.1 cm³/mol. The summed E-state index contributed by atoms with van der Waals surface area (Å²) in [5.74, 6) is 0.525. The van der Waals surface area contributed by atoms with E-state index in [1.165, 1.54) is 18.3 Å². The van der Waals surface area contributed by atoms with E-state index in [1.54, 1.807) is 18.3 Å². The maximum Gasteiger partial charge on any atom is 0.245 e. The lowest BCUT2D eigenvalue weighted by Crippen LogP contribution is -2.07. The van der Waals surface area contributed by atoms with Crippen LogP contribution in [0.25, 0.3) is 0 Å². The molecule has 2 heterocycles. The number of halogens is 1. The topological polar surface area (TPSA) is 75.6 Å². The molecule has 0 unspecified atom stereocenters. The number of hydrogen-bond acceptors (Lipinski definition) is 6. The Kier molecular flexibility index (Phi) is 4.15. The van der Waals surface area contributed by atoms with Crippen LogP contribution in [0, 0.1) is 5.82 Å². The van der Waals surface area contributed by atoms with Crippen molar-refractivity contribution in [2.24, 2.45) is 0 Å². The molecule has 0 spiro atoms. The smallest absolute Gasteiger partial charge is 0.245 e. The van der Waals surface area contributed by atoms with E-state index in [0.29, 0.717) is 24.0 Å². The lowest BCUT2D eigenvalue weighted by Gasteiger charge is -2.07. The highest BCUT2D eigenvalue weighted by Crippen LogP contribution is 2.15. The van der Waals surface area contributed by atoms with Gasteiger partial charge in [-0.05, 0) is 30.3 Å². The van der Waals surface area contributed by atoms with Gasteiger partial charge in [-0.2, -0.15) is 10.1 Å². The Morgan fingerprint density at radius 3 is 2.86 bits per heavy atom. The maximum atomic E-state index is 13.1. The van der Waals surface area contributed by atoms with Crippen LogP contribution in [0.2, 0.25) is 0 Å². The zero-order valence-corrected chi connectivity index (χ0v) is 11.6. The van der Waals surface area contributed by atoms with Gasteiger partial charge in [-0.25, -0.2) is 4.39 Å². The molecule has 0 saturated heterocycles. The summed E-state index contributed by atoms with van der Waals surface area (Å²) in [7, 11) is 0.